The minimum absolute atomic E-state index is 0.159. The Hall–Kier alpha value is -3.13. The summed E-state index contributed by atoms with van der Waals surface area (Å²) in [5.41, 5.74) is 1.08. The summed E-state index contributed by atoms with van der Waals surface area (Å²) in [6.07, 6.45) is -1.04. The zero-order valence-electron chi connectivity index (χ0n) is 16.1. The number of carbonyl (C=O) groups is 2. The Bertz CT molecular complexity index is 1080. The molecule has 3 aromatic rings. The molecule has 1 atom stereocenters. The lowest BCUT2D eigenvalue weighted by Gasteiger charge is -2.12. The second-order valence-electron chi connectivity index (χ2n) is 6.38. The van der Waals surface area contributed by atoms with E-state index in [9.17, 15) is 14.4 Å². The monoisotopic (exact) mass is 399 g/mol. The molecule has 0 saturated heterocycles. The normalized spacial score (nSPS) is 11.9. The molecule has 7 nitrogen and oxygen atoms in total. The van der Waals surface area contributed by atoms with Gasteiger partial charge in [-0.1, -0.05) is 18.2 Å². The van der Waals surface area contributed by atoms with Crippen LogP contribution in [0.2, 0.25) is 0 Å². The molecular formula is C20H21N3O4S. The Labute approximate surface area is 166 Å². The van der Waals surface area contributed by atoms with E-state index < -0.39 is 18.0 Å². The molecule has 3 rings (SSSR count). The van der Waals surface area contributed by atoms with E-state index in [4.69, 9.17) is 4.74 Å². The second kappa shape index (κ2) is 7.85. The van der Waals surface area contributed by atoms with Crippen molar-refractivity contribution in [2.24, 2.45) is 7.05 Å². The molecule has 0 saturated carbocycles. The van der Waals surface area contributed by atoms with Crippen LogP contribution < -0.4 is 10.9 Å². The number of nitrogens with zero attached hydrogens (tertiary/aromatic N) is 2. The van der Waals surface area contributed by atoms with Gasteiger partial charge in [-0.3, -0.25) is 14.3 Å². The van der Waals surface area contributed by atoms with Crippen LogP contribution in [0.5, 0.6) is 0 Å². The Morgan fingerprint density at radius 1 is 1.11 bits per heavy atom. The molecule has 1 N–H and O–H groups in total. The number of amides is 1. The lowest BCUT2D eigenvalue weighted by Crippen LogP contribution is -2.32. The van der Waals surface area contributed by atoms with Gasteiger partial charge in [0.25, 0.3) is 11.5 Å². The molecule has 8 heteroatoms. The second-order valence-corrected chi connectivity index (χ2v) is 7.67. The first-order valence-corrected chi connectivity index (χ1v) is 9.53. The van der Waals surface area contributed by atoms with Gasteiger partial charge in [0.15, 0.2) is 6.10 Å². The summed E-state index contributed by atoms with van der Waals surface area (Å²) in [6, 6.07) is 12.6. The summed E-state index contributed by atoms with van der Waals surface area (Å²) in [4.78, 5) is 38.9. The molecule has 1 aromatic carbocycles. The number of benzene rings is 1. The van der Waals surface area contributed by atoms with Crippen LogP contribution in [0.1, 0.15) is 27.2 Å². The number of nitrogens with one attached hydrogen (secondary N) is 1. The van der Waals surface area contributed by atoms with Gasteiger partial charge in [0.1, 0.15) is 10.6 Å². The number of hydrogen-bond donors (Lipinski definition) is 1. The van der Waals surface area contributed by atoms with Gasteiger partial charge >= 0.3 is 5.97 Å². The van der Waals surface area contributed by atoms with Crippen LogP contribution in [-0.4, -0.2) is 27.3 Å². The van der Waals surface area contributed by atoms with E-state index in [-0.39, 0.29) is 11.2 Å². The first-order chi connectivity index (χ1) is 13.3. The largest absolute Gasteiger partial charge is 0.448 e. The molecule has 28 heavy (non-hydrogen) atoms. The zero-order chi connectivity index (χ0) is 20.4. The molecule has 0 aliphatic rings. The van der Waals surface area contributed by atoms with Gasteiger partial charge in [0.05, 0.1) is 11.4 Å². The molecule has 0 unspecified atom stereocenters. The topological polar surface area (TPSA) is 82.3 Å². The average Bonchev–Trinajstić information content (AvgIpc) is 3.20. The molecule has 1 amide bonds. The average molecular weight is 399 g/mol. The molecule has 0 radical (unpaired) electrons. The maximum atomic E-state index is 12.8. The van der Waals surface area contributed by atoms with E-state index in [1.807, 2.05) is 31.2 Å². The number of aromatic nitrogens is 2. The lowest BCUT2D eigenvalue weighted by molar-refractivity contribution is -0.123. The summed E-state index contributed by atoms with van der Waals surface area (Å²) in [6.45, 7) is 5.09. The Morgan fingerprint density at radius 2 is 1.79 bits per heavy atom. The molecule has 2 heterocycles. The molecule has 2 aromatic heterocycles. The number of thiophene rings is 1. The first kappa shape index (κ1) is 19.6. The molecule has 0 aliphatic heterocycles. The smallest absolute Gasteiger partial charge is 0.349 e. The van der Waals surface area contributed by atoms with Crippen LogP contribution in [0.4, 0.5) is 5.69 Å². The van der Waals surface area contributed by atoms with Gasteiger partial charge < -0.3 is 10.1 Å². The molecule has 0 bridgehead atoms. The Morgan fingerprint density at radius 3 is 2.39 bits per heavy atom. The van der Waals surface area contributed by atoms with Gasteiger partial charge in [-0.05, 0) is 45.0 Å². The fourth-order valence-corrected chi connectivity index (χ4v) is 3.50. The summed E-state index contributed by atoms with van der Waals surface area (Å²) < 4.78 is 8.36. The maximum absolute atomic E-state index is 12.8. The number of esters is 1. The van der Waals surface area contributed by atoms with Crippen LogP contribution in [0, 0.1) is 13.8 Å². The van der Waals surface area contributed by atoms with Crippen molar-refractivity contribution in [2.75, 3.05) is 5.32 Å². The maximum Gasteiger partial charge on any atom is 0.349 e. The van der Waals surface area contributed by atoms with Crippen LogP contribution in [0.15, 0.2) is 47.3 Å². The summed E-state index contributed by atoms with van der Waals surface area (Å²) in [5, 5.41) is 2.60. The van der Waals surface area contributed by atoms with E-state index in [0.717, 1.165) is 4.88 Å². The van der Waals surface area contributed by atoms with Crippen LogP contribution >= 0.6 is 11.3 Å². The van der Waals surface area contributed by atoms with E-state index >= 15 is 0 Å². The predicted molar refractivity (Wildman–Crippen MR) is 108 cm³/mol. The third kappa shape index (κ3) is 3.77. The number of hydrogen-bond acceptors (Lipinski definition) is 5. The first-order valence-electron chi connectivity index (χ1n) is 8.72. The van der Waals surface area contributed by atoms with Gasteiger partial charge in [-0.25, -0.2) is 9.48 Å². The predicted octanol–water partition coefficient (Wildman–Crippen LogP) is 3.04. The number of para-hydroxylation sites is 1. The fourth-order valence-electron chi connectivity index (χ4n) is 2.75. The summed E-state index contributed by atoms with van der Waals surface area (Å²) >= 11 is 1.30. The molecule has 0 fully saturated rings. The van der Waals surface area contributed by atoms with Gasteiger partial charge in [0.2, 0.25) is 0 Å². The minimum atomic E-state index is -1.04. The molecule has 0 aliphatic carbocycles. The van der Waals surface area contributed by atoms with Crippen molar-refractivity contribution in [1.82, 2.24) is 9.36 Å². The number of ether oxygens (including phenoxy) is 1. The van der Waals surface area contributed by atoms with Gasteiger partial charge in [0, 0.05) is 11.9 Å². The third-order valence-electron chi connectivity index (χ3n) is 4.40. The van der Waals surface area contributed by atoms with Crippen molar-refractivity contribution in [3.8, 4) is 5.69 Å². The van der Waals surface area contributed by atoms with E-state index in [1.54, 1.807) is 36.9 Å². The van der Waals surface area contributed by atoms with Crippen molar-refractivity contribution in [3.05, 3.63) is 68.3 Å². The number of anilines is 1. The fraction of sp³-hybridized carbons (Fsp3) is 0.250. The number of aryl methyl sites for hydroxylation is 1. The van der Waals surface area contributed by atoms with Crippen LogP contribution in [0.25, 0.3) is 5.69 Å². The quantitative estimate of drug-likeness (QED) is 0.669. The number of rotatable bonds is 5. The molecular weight excluding hydrogens is 378 g/mol. The third-order valence-corrected chi connectivity index (χ3v) is 5.38. The van der Waals surface area contributed by atoms with E-state index in [2.05, 4.69) is 5.32 Å². The number of carbonyl (C=O) groups excluding carboxylic acids is 2. The summed E-state index contributed by atoms with van der Waals surface area (Å²) in [7, 11) is 1.74. The lowest BCUT2D eigenvalue weighted by atomic mass is 10.3. The summed E-state index contributed by atoms with van der Waals surface area (Å²) in [5.74, 6) is -1.13. The SMILES string of the molecule is Cc1ccc(C(=O)O[C@H](C)C(=O)Nc2c(C)n(C)n(-c3ccccc3)c2=O)s1. The van der Waals surface area contributed by atoms with E-state index in [1.165, 1.54) is 22.9 Å². The standard InChI is InChI=1S/C20H21N3O4S/c1-12-10-11-16(28-12)20(26)27-14(3)18(24)21-17-13(2)22(4)23(19(17)25)15-8-6-5-7-9-15/h5-11,14H,1-4H3,(H,21,24)/t14-/m1/s1. The zero-order valence-corrected chi connectivity index (χ0v) is 16.9. The highest BCUT2D eigenvalue weighted by molar-refractivity contribution is 7.13. The molecule has 146 valence electrons. The molecule has 0 spiro atoms. The van der Waals surface area contributed by atoms with Crippen molar-refractivity contribution in [2.45, 2.75) is 26.9 Å². The highest BCUT2D eigenvalue weighted by Crippen LogP contribution is 2.18. The van der Waals surface area contributed by atoms with Crippen molar-refractivity contribution >= 4 is 28.9 Å². The highest BCUT2D eigenvalue weighted by Gasteiger charge is 2.24. The van der Waals surface area contributed by atoms with Gasteiger partial charge in [-0.2, -0.15) is 0 Å². The van der Waals surface area contributed by atoms with Crippen molar-refractivity contribution in [3.63, 3.8) is 0 Å². The Kier molecular flexibility index (Phi) is 5.51. The van der Waals surface area contributed by atoms with E-state index in [0.29, 0.717) is 16.3 Å². The van der Waals surface area contributed by atoms with Crippen molar-refractivity contribution < 1.29 is 14.3 Å². The highest BCUT2D eigenvalue weighted by atomic mass is 32.1. The van der Waals surface area contributed by atoms with Crippen LogP contribution in [-0.2, 0) is 16.6 Å². The minimum Gasteiger partial charge on any atom is -0.448 e. The van der Waals surface area contributed by atoms with Crippen molar-refractivity contribution in [1.29, 1.82) is 0 Å². The Balaban J connectivity index is 1.79. The van der Waals surface area contributed by atoms with Gasteiger partial charge in [-0.15, -0.1) is 11.3 Å². The van der Waals surface area contributed by atoms with Crippen LogP contribution in [0.3, 0.4) is 0 Å².